The summed E-state index contributed by atoms with van der Waals surface area (Å²) in [5.74, 6) is 0.540. The number of sulfone groups is 1. The van der Waals surface area contributed by atoms with Crippen molar-refractivity contribution in [3.8, 4) is 0 Å². The summed E-state index contributed by atoms with van der Waals surface area (Å²) in [6.45, 7) is 2.04. The third-order valence-electron chi connectivity index (χ3n) is 2.72. The Labute approximate surface area is 100 Å². The maximum absolute atomic E-state index is 11.5. The lowest BCUT2D eigenvalue weighted by Crippen LogP contribution is -2.05. The van der Waals surface area contributed by atoms with Gasteiger partial charge in [0.25, 0.3) is 0 Å². The lowest BCUT2D eigenvalue weighted by Gasteiger charge is -1.95. The SMILES string of the molecule is CCS(=O)(=O)Cc1cc2c(CN)cccc2o1. The Morgan fingerprint density at radius 2 is 2.12 bits per heavy atom. The molecular formula is C12H15NO3S. The molecule has 1 heterocycles. The van der Waals surface area contributed by atoms with E-state index in [4.69, 9.17) is 10.2 Å². The molecule has 92 valence electrons. The monoisotopic (exact) mass is 253 g/mol. The van der Waals surface area contributed by atoms with Crippen LogP contribution in [0.5, 0.6) is 0 Å². The number of furan rings is 1. The van der Waals surface area contributed by atoms with E-state index in [1.807, 2.05) is 18.2 Å². The topological polar surface area (TPSA) is 73.3 Å². The van der Waals surface area contributed by atoms with Crippen LogP contribution in [0.25, 0.3) is 11.0 Å². The molecule has 2 aromatic rings. The first-order valence-corrected chi connectivity index (χ1v) is 7.28. The predicted molar refractivity (Wildman–Crippen MR) is 67.3 cm³/mol. The predicted octanol–water partition coefficient (Wildman–Crippen LogP) is 1.83. The molecule has 0 bridgehead atoms. The van der Waals surface area contributed by atoms with Crippen molar-refractivity contribution in [2.75, 3.05) is 5.75 Å². The zero-order valence-electron chi connectivity index (χ0n) is 9.64. The molecule has 0 saturated carbocycles. The Bertz CT molecular complexity index is 628. The van der Waals surface area contributed by atoms with Crippen LogP contribution in [0.15, 0.2) is 28.7 Å². The molecule has 0 spiro atoms. The van der Waals surface area contributed by atoms with Gasteiger partial charge in [0.05, 0.1) is 0 Å². The van der Waals surface area contributed by atoms with Gasteiger partial charge in [-0.2, -0.15) is 0 Å². The van der Waals surface area contributed by atoms with Crippen molar-refractivity contribution >= 4 is 20.8 Å². The molecule has 0 fully saturated rings. The minimum absolute atomic E-state index is 0.0534. The van der Waals surface area contributed by atoms with Gasteiger partial charge in [-0.05, 0) is 17.7 Å². The smallest absolute Gasteiger partial charge is 0.157 e. The second kappa shape index (κ2) is 4.50. The highest BCUT2D eigenvalue weighted by Gasteiger charge is 2.14. The third-order valence-corrected chi connectivity index (χ3v) is 4.33. The fraction of sp³-hybridized carbons (Fsp3) is 0.333. The second-order valence-electron chi connectivity index (χ2n) is 3.92. The number of hydrogen-bond acceptors (Lipinski definition) is 4. The first-order valence-electron chi connectivity index (χ1n) is 5.46. The Morgan fingerprint density at radius 1 is 1.35 bits per heavy atom. The summed E-state index contributed by atoms with van der Waals surface area (Å²) in [5, 5.41) is 0.899. The summed E-state index contributed by atoms with van der Waals surface area (Å²) >= 11 is 0. The fourth-order valence-electron chi connectivity index (χ4n) is 1.74. The van der Waals surface area contributed by atoms with Crippen LogP contribution in [0.3, 0.4) is 0 Å². The second-order valence-corrected chi connectivity index (χ2v) is 6.28. The lowest BCUT2D eigenvalue weighted by atomic mass is 10.1. The highest BCUT2D eigenvalue weighted by molar-refractivity contribution is 7.90. The largest absolute Gasteiger partial charge is 0.460 e. The summed E-state index contributed by atoms with van der Waals surface area (Å²) in [4.78, 5) is 0. The number of fused-ring (bicyclic) bond motifs is 1. The van der Waals surface area contributed by atoms with E-state index in [0.29, 0.717) is 17.9 Å². The van der Waals surface area contributed by atoms with Crippen molar-refractivity contribution in [1.29, 1.82) is 0 Å². The van der Waals surface area contributed by atoms with Gasteiger partial charge in [0.2, 0.25) is 0 Å². The van der Waals surface area contributed by atoms with Gasteiger partial charge >= 0.3 is 0 Å². The van der Waals surface area contributed by atoms with E-state index in [0.717, 1.165) is 10.9 Å². The first-order chi connectivity index (χ1) is 8.05. The van der Waals surface area contributed by atoms with Gasteiger partial charge < -0.3 is 10.2 Å². The Kier molecular flexibility index (Phi) is 3.22. The van der Waals surface area contributed by atoms with Crippen LogP contribution in [0, 0.1) is 0 Å². The van der Waals surface area contributed by atoms with Crippen molar-refractivity contribution in [2.24, 2.45) is 5.73 Å². The molecular weight excluding hydrogens is 238 g/mol. The molecule has 0 radical (unpaired) electrons. The molecule has 1 aromatic carbocycles. The summed E-state index contributed by atoms with van der Waals surface area (Å²) < 4.78 is 28.5. The van der Waals surface area contributed by atoms with Crippen molar-refractivity contribution in [2.45, 2.75) is 19.2 Å². The van der Waals surface area contributed by atoms with E-state index in [1.165, 1.54) is 0 Å². The van der Waals surface area contributed by atoms with E-state index < -0.39 is 9.84 Å². The quantitative estimate of drug-likeness (QED) is 0.902. The lowest BCUT2D eigenvalue weighted by molar-refractivity contribution is 0.555. The summed E-state index contributed by atoms with van der Waals surface area (Å²) in [5.41, 5.74) is 7.27. The standard InChI is InChI=1S/C12H15NO3S/c1-2-17(14,15)8-10-6-11-9(7-13)4-3-5-12(11)16-10/h3-6H,2,7-8,13H2,1H3. The van der Waals surface area contributed by atoms with Gasteiger partial charge in [0, 0.05) is 17.7 Å². The molecule has 17 heavy (non-hydrogen) atoms. The van der Waals surface area contributed by atoms with Gasteiger partial charge in [-0.15, -0.1) is 0 Å². The number of benzene rings is 1. The molecule has 0 aliphatic heterocycles. The highest BCUT2D eigenvalue weighted by atomic mass is 32.2. The average Bonchev–Trinajstić information content (AvgIpc) is 2.70. The average molecular weight is 253 g/mol. The Hall–Kier alpha value is -1.33. The maximum Gasteiger partial charge on any atom is 0.157 e. The molecule has 4 nitrogen and oxygen atoms in total. The molecule has 1 aromatic heterocycles. The van der Waals surface area contributed by atoms with Crippen LogP contribution in [0.4, 0.5) is 0 Å². The molecule has 0 amide bonds. The van der Waals surface area contributed by atoms with Crippen molar-refractivity contribution in [1.82, 2.24) is 0 Å². The molecule has 5 heteroatoms. The van der Waals surface area contributed by atoms with E-state index in [1.54, 1.807) is 13.0 Å². The van der Waals surface area contributed by atoms with Crippen molar-refractivity contribution in [3.63, 3.8) is 0 Å². The molecule has 0 atom stereocenters. The number of hydrogen-bond donors (Lipinski definition) is 1. The number of nitrogens with two attached hydrogens (primary N) is 1. The van der Waals surface area contributed by atoms with Crippen LogP contribution in [-0.2, 0) is 22.1 Å². The molecule has 2 rings (SSSR count). The zero-order chi connectivity index (χ0) is 12.5. The van der Waals surface area contributed by atoms with E-state index >= 15 is 0 Å². The van der Waals surface area contributed by atoms with Gasteiger partial charge in [-0.25, -0.2) is 8.42 Å². The van der Waals surface area contributed by atoms with Gasteiger partial charge in [0.15, 0.2) is 9.84 Å². The van der Waals surface area contributed by atoms with E-state index in [9.17, 15) is 8.42 Å². The Balaban J connectivity index is 2.45. The molecule has 0 aliphatic carbocycles. The van der Waals surface area contributed by atoms with Gasteiger partial charge in [0.1, 0.15) is 17.1 Å². The molecule has 0 unspecified atom stereocenters. The summed E-state index contributed by atoms with van der Waals surface area (Å²) in [7, 11) is -3.06. The molecule has 0 aliphatic rings. The Morgan fingerprint density at radius 3 is 2.76 bits per heavy atom. The molecule has 2 N–H and O–H groups in total. The van der Waals surface area contributed by atoms with Crippen LogP contribution in [0.1, 0.15) is 18.2 Å². The summed E-state index contributed by atoms with van der Waals surface area (Å²) in [6, 6.07) is 7.35. The highest BCUT2D eigenvalue weighted by Crippen LogP contribution is 2.24. The summed E-state index contributed by atoms with van der Waals surface area (Å²) in [6.07, 6.45) is 0. The van der Waals surface area contributed by atoms with Crippen molar-refractivity contribution < 1.29 is 12.8 Å². The zero-order valence-corrected chi connectivity index (χ0v) is 10.5. The number of rotatable bonds is 4. The van der Waals surface area contributed by atoms with Gasteiger partial charge in [-0.3, -0.25) is 0 Å². The molecule has 0 saturated heterocycles. The first kappa shape index (κ1) is 12.1. The maximum atomic E-state index is 11.5. The van der Waals surface area contributed by atoms with Gasteiger partial charge in [-0.1, -0.05) is 19.1 Å². The third kappa shape index (κ3) is 2.50. The van der Waals surface area contributed by atoms with E-state index in [-0.39, 0.29) is 11.5 Å². The van der Waals surface area contributed by atoms with Crippen molar-refractivity contribution in [3.05, 3.63) is 35.6 Å². The van der Waals surface area contributed by atoms with Crippen LogP contribution < -0.4 is 5.73 Å². The van der Waals surface area contributed by atoms with Crippen LogP contribution in [-0.4, -0.2) is 14.2 Å². The minimum Gasteiger partial charge on any atom is -0.460 e. The fourth-order valence-corrected chi connectivity index (χ4v) is 2.52. The minimum atomic E-state index is -3.06. The van der Waals surface area contributed by atoms with E-state index in [2.05, 4.69) is 0 Å². The van der Waals surface area contributed by atoms with Crippen LogP contribution >= 0.6 is 0 Å². The van der Waals surface area contributed by atoms with Crippen LogP contribution in [0.2, 0.25) is 0 Å². The normalized spacial score (nSPS) is 12.1.